The Morgan fingerprint density at radius 2 is 1.82 bits per heavy atom. The fraction of sp³-hybridized carbons (Fsp3) is 0.571. The van der Waals surface area contributed by atoms with Crippen molar-refractivity contribution in [3.63, 3.8) is 0 Å². The van der Waals surface area contributed by atoms with E-state index in [4.69, 9.17) is 10.5 Å². The molecule has 0 aliphatic carbocycles. The summed E-state index contributed by atoms with van der Waals surface area (Å²) in [6.45, 7) is 8.12. The van der Waals surface area contributed by atoms with Gasteiger partial charge in [-0.3, -0.25) is 0 Å². The molecule has 0 aromatic heterocycles. The van der Waals surface area contributed by atoms with Crippen LogP contribution in [0.1, 0.15) is 27.2 Å². The Balaban J connectivity index is 2.39. The molecule has 1 aromatic rings. The Morgan fingerprint density at radius 1 is 1.24 bits per heavy atom. The van der Waals surface area contributed by atoms with E-state index in [9.17, 15) is 0 Å². The number of nitrogens with two attached hydrogens (primary N) is 1. The van der Waals surface area contributed by atoms with Crippen molar-refractivity contribution in [1.29, 1.82) is 0 Å². The van der Waals surface area contributed by atoms with Crippen LogP contribution in [-0.2, 0) is 0 Å². The van der Waals surface area contributed by atoms with E-state index in [0.717, 1.165) is 23.2 Å². The van der Waals surface area contributed by atoms with Crippen molar-refractivity contribution < 1.29 is 4.74 Å². The van der Waals surface area contributed by atoms with Crippen molar-refractivity contribution in [2.75, 3.05) is 13.2 Å². The Morgan fingerprint density at radius 3 is 2.29 bits per heavy atom. The van der Waals surface area contributed by atoms with Gasteiger partial charge in [0.15, 0.2) is 0 Å². The fourth-order valence-electron chi connectivity index (χ4n) is 1.75. The Hall–Kier alpha value is -0.540. The van der Waals surface area contributed by atoms with E-state index in [2.05, 4.69) is 36.7 Å². The standard InChI is InChI=1S/C14H22BrNO/c1-14(2,3)11(10-16)8-9-17-13-6-4-12(15)5-7-13/h4-7,11H,8-10,16H2,1-3H3. The van der Waals surface area contributed by atoms with Crippen LogP contribution in [0.3, 0.4) is 0 Å². The first-order chi connectivity index (χ1) is 7.93. The minimum atomic E-state index is 0.248. The van der Waals surface area contributed by atoms with Gasteiger partial charge in [0.2, 0.25) is 0 Å². The first kappa shape index (κ1) is 14.5. The third-order valence-corrected chi connectivity index (χ3v) is 3.59. The number of halogens is 1. The zero-order valence-corrected chi connectivity index (χ0v) is 12.5. The molecule has 3 heteroatoms. The summed E-state index contributed by atoms with van der Waals surface area (Å²) < 4.78 is 6.78. The van der Waals surface area contributed by atoms with Crippen molar-refractivity contribution in [3.05, 3.63) is 28.7 Å². The molecule has 1 rings (SSSR count). The third-order valence-electron chi connectivity index (χ3n) is 3.06. The zero-order valence-electron chi connectivity index (χ0n) is 10.9. The summed E-state index contributed by atoms with van der Waals surface area (Å²) in [6, 6.07) is 7.91. The first-order valence-corrected chi connectivity index (χ1v) is 6.81. The second kappa shape index (κ2) is 6.41. The van der Waals surface area contributed by atoms with Gasteiger partial charge in [-0.25, -0.2) is 0 Å². The van der Waals surface area contributed by atoms with Gasteiger partial charge in [-0.15, -0.1) is 0 Å². The molecule has 0 spiro atoms. The summed E-state index contributed by atoms with van der Waals surface area (Å²) in [6.07, 6.45) is 0.996. The molecular weight excluding hydrogens is 278 g/mol. The van der Waals surface area contributed by atoms with Crippen molar-refractivity contribution in [1.82, 2.24) is 0 Å². The minimum Gasteiger partial charge on any atom is -0.494 e. The van der Waals surface area contributed by atoms with Gasteiger partial charge in [0, 0.05) is 4.47 Å². The second-order valence-electron chi connectivity index (χ2n) is 5.39. The lowest BCUT2D eigenvalue weighted by Gasteiger charge is -2.29. The molecule has 0 saturated heterocycles. The third kappa shape index (κ3) is 5.09. The molecule has 96 valence electrons. The van der Waals surface area contributed by atoms with Crippen LogP contribution < -0.4 is 10.5 Å². The minimum absolute atomic E-state index is 0.248. The molecule has 17 heavy (non-hydrogen) atoms. The van der Waals surface area contributed by atoms with Crippen LogP contribution in [0.5, 0.6) is 5.75 Å². The SMILES string of the molecule is CC(C)(C)C(CN)CCOc1ccc(Br)cc1. The first-order valence-electron chi connectivity index (χ1n) is 6.02. The van der Waals surface area contributed by atoms with Gasteiger partial charge >= 0.3 is 0 Å². The average Bonchev–Trinajstić information content (AvgIpc) is 2.25. The average molecular weight is 300 g/mol. The lowest BCUT2D eigenvalue weighted by Crippen LogP contribution is -2.29. The van der Waals surface area contributed by atoms with Gasteiger partial charge in [-0.1, -0.05) is 36.7 Å². The molecule has 2 nitrogen and oxygen atoms in total. The van der Waals surface area contributed by atoms with Gasteiger partial charge in [-0.2, -0.15) is 0 Å². The molecule has 0 saturated carbocycles. The van der Waals surface area contributed by atoms with Crippen LogP contribution in [0.2, 0.25) is 0 Å². The van der Waals surface area contributed by atoms with Crippen LogP contribution in [0.4, 0.5) is 0 Å². The summed E-state index contributed by atoms with van der Waals surface area (Å²) in [5.41, 5.74) is 6.04. The molecule has 0 amide bonds. The summed E-state index contributed by atoms with van der Waals surface area (Å²) in [4.78, 5) is 0. The summed E-state index contributed by atoms with van der Waals surface area (Å²) in [5, 5.41) is 0. The van der Waals surface area contributed by atoms with Crippen molar-refractivity contribution in [2.24, 2.45) is 17.1 Å². The predicted octanol–water partition coefficient (Wildman–Crippen LogP) is 3.84. The smallest absolute Gasteiger partial charge is 0.119 e. The Kier molecular flexibility index (Phi) is 5.47. The van der Waals surface area contributed by atoms with Crippen LogP contribution in [-0.4, -0.2) is 13.2 Å². The van der Waals surface area contributed by atoms with Crippen LogP contribution >= 0.6 is 15.9 Å². The summed E-state index contributed by atoms with van der Waals surface area (Å²) in [5.74, 6) is 1.41. The quantitative estimate of drug-likeness (QED) is 0.896. The van der Waals surface area contributed by atoms with Crippen LogP contribution in [0.25, 0.3) is 0 Å². The largest absolute Gasteiger partial charge is 0.494 e. The van der Waals surface area contributed by atoms with Gasteiger partial charge in [0.1, 0.15) is 5.75 Å². The van der Waals surface area contributed by atoms with Gasteiger partial charge < -0.3 is 10.5 Å². The number of hydrogen-bond acceptors (Lipinski definition) is 2. The van der Waals surface area contributed by atoms with E-state index in [1.54, 1.807) is 0 Å². The van der Waals surface area contributed by atoms with E-state index in [0.29, 0.717) is 12.5 Å². The lowest BCUT2D eigenvalue weighted by atomic mass is 9.79. The zero-order chi connectivity index (χ0) is 12.9. The normalized spacial score (nSPS) is 13.5. The number of ether oxygens (including phenoxy) is 1. The maximum atomic E-state index is 5.80. The maximum Gasteiger partial charge on any atom is 0.119 e. The molecule has 0 aliphatic heterocycles. The number of rotatable bonds is 5. The van der Waals surface area contributed by atoms with Crippen LogP contribution in [0, 0.1) is 11.3 Å². The van der Waals surface area contributed by atoms with E-state index < -0.39 is 0 Å². The van der Waals surface area contributed by atoms with Crippen molar-refractivity contribution in [2.45, 2.75) is 27.2 Å². The molecule has 2 N–H and O–H groups in total. The predicted molar refractivity (Wildman–Crippen MR) is 76.3 cm³/mol. The Bertz CT molecular complexity index is 329. The van der Waals surface area contributed by atoms with E-state index in [1.165, 1.54) is 0 Å². The molecule has 1 aromatic carbocycles. The monoisotopic (exact) mass is 299 g/mol. The fourth-order valence-corrected chi connectivity index (χ4v) is 2.02. The molecule has 0 fully saturated rings. The molecule has 1 unspecified atom stereocenters. The summed E-state index contributed by atoms with van der Waals surface area (Å²) in [7, 11) is 0. The molecular formula is C14H22BrNO. The van der Waals surface area contributed by atoms with Crippen molar-refractivity contribution >= 4 is 15.9 Å². The maximum absolute atomic E-state index is 5.80. The number of benzene rings is 1. The molecule has 0 heterocycles. The van der Waals surface area contributed by atoms with E-state index >= 15 is 0 Å². The van der Waals surface area contributed by atoms with Gasteiger partial charge in [0.25, 0.3) is 0 Å². The number of hydrogen-bond donors (Lipinski definition) is 1. The molecule has 0 bridgehead atoms. The topological polar surface area (TPSA) is 35.2 Å². The highest BCUT2D eigenvalue weighted by molar-refractivity contribution is 9.10. The van der Waals surface area contributed by atoms with E-state index in [-0.39, 0.29) is 5.41 Å². The highest BCUT2D eigenvalue weighted by Gasteiger charge is 2.22. The molecule has 0 radical (unpaired) electrons. The van der Waals surface area contributed by atoms with Gasteiger partial charge in [0.05, 0.1) is 6.61 Å². The lowest BCUT2D eigenvalue weighted by molar-refractivity contribution is 0.189. The Labute approximate surface area is 113 Å². The summed E-state index contributed by atoms with van der Waals surface area (Å²) >= 11 is 3.40. The van der Waals surface area contributed by atoms with Gasteiger partial charge in [-0.05, 0) is 48.6 Å². The molecule has 1 atom stereocenters. The van der Waals surface area contributed by atoms with Crippen LogP contribution in [0.15, 0.2) is 28.7 Å². The second-order valence-corrected chi connectivity index (χ2v) is 6.31. The van der Waals surface area contributed by atoms with Crippen molar-refractivity contribution in [3.8, 4) is 5.75 Å². The molecule has 0 aliphatic rings. The highest BCUT2D eigenvalue weighted by Crippen LogP contribution is 2.28. The van der Waals surface area contributed by atoms with E-state index in [1.807, 2.05) is 24.3 Å². The highest BCUT2D eigenvalue weighted by atomic mass is 79.9.